The highest BCUT2D eigenvalue weighted by molar-refractivity contribution is 5.69. The van der Waals surface area contributed by atoms with Crippen LogP contribution >= 0.6 is 0 Å². The molecule has 0 aliphatic heterocycles. The third-order valence-electron chi connectivity index (χ3n) is 2.53. The molecule has 4 heteroatoms. The second-order valence-corrected chi connectivity index (χ2v) is 4.24. The van der Waals surface area contributed by atoms with E-state index in [4.69, 9.17) is 4.74 Å². The quantitative estimate of drug-likeness (QED) is 0.736. The van der Waals surface area contributed by atoms with Crippen molar-refractivity contribution in [1.82, 2.24) is 0 Å². The highest BCUT2D eigenvalue weighted by Crippen LogP contribution is 2.08. The highest BCUT2D eigenvalue weighted by atomic mass is 16.5. The minimum atomic E-state index is -0.894. The van der Waals surface area contributed by atoms with Crippen molar-refractivity contribution in [2.24, 2.45) is 0 Å². The van der Waals surface area contributed by atoms with Gasteiger partial charge in [0, 0.05) is 6.42 Å². The van der Waals surface area contributed by atoms with Gasteiger partial charge in [-0.2, -0.15) is 0 Å². The fourth-order valence-electron chi connectivity index (χ4n) is 1.64. The summed E-state index contributed by atoms with van der Waals surface area (Å²) in [6, 6.07) is 9.55. The lowest BCUT2D eigenvalue weighted by Crippen LogP contribution is -2.20. The zero-order valence-electron chi connectivity index (χ0n) is 11.0. The van der Waals surface area contributed by atoms with E-state index in [9.17, 15) is 15.0 Å². The maximum absolute atomic E-state index is 11.1. The average Bonchev–Trinajstić information content (AvgIpc) is 2.37. The summed E-state index contributed by atoms with van der Waals surface area (Å²) >= 11 is 0. The van der Waals surface area contributed by atoms with E-state index in [1.165, 1.54) is 0 Å². The van der Waals surface area contributed by atoms with Crippen molar-refractivity contribution in [2.75, 3.05) is 6.61 Å². The van der Waals surface area contributed by atoms with E-state index in [1.807, 2.05) is 30.3 Å². The number of aliphatic hydroxyl groups excluding tert-OH is 2. The number of rotatable bonds is 7. The van der Waals surface area contributed by atoms with E-state index >= 15 is 0 Å². The molecule has 0 unspecified atom stereocenters. The Morgan fingerprint density at radius 2 is 2.00 bits per heavy atom. The number of benzene rings is 1. The fourth-order valence-corrected chi connectivity index (χ4v) is 1.64. The largest absolute Gasteiger partial charge is 0.466 e. The molecular formula is C15H20O4. The molecule has 0 aliphatic rings. The Hall–Kier alpha value is -1.65. The van der Waals surface area contributed by atoms with Crippen LogP contribution in [0.15, 0.2) is 36.4 Å². The molecule has 0 aromatic heterocycles. The summed E-state index contributed by atoms with van der Waals surface area (Å²) in [5.74, 6) is -0.450. The first-order valence-corrected chi connectivity index (χ1v) is 6.36. The number of esters is 1. The Labute approximate surface area is 113 Å². The van der Waals surface area contributed by atoms with Gasteiger partial charge in [0.05, 0.1) is 25.2 Å². The standard InChI is InChI=1S/C15H20O4/c1-2-19-15(18)11-14(17)10-13(16)9-8-12-6-4-3-5-7-12/h3-9,13-14,16-17H,2,10-11H2,1H3/b9-8+/t13-,14+/m0/s1. The third-order valence-corrected chi connectivity index (χ3v) is 2.53. The van der Waals surface area contributed by atoms with Crippen LogP contribution in [-0.4, -0.2) is 35.0 Å². The lowest BCUT2D eigenvalue weighted by atomic mass is 10.1. The fraction of sp³-hybridized carbons (Fsp3) is 0.400. The van der Waals surface area contributed by atoms with E-state index in [0.717, 1.165) is 5.56 Å². The average molecular weight is 264 g/mol. The summed E-state index contributed by atoms with van der Waals surface area (Å²) in [5, 5.41) is 19.3. The van der Waals surface area contributed by atoms with Crippen LogP contribution in [0.25, 0.3) is 6.08 Å². The molecular weight excluding hydrogens is 244 g/mol. The van der Waals surface area contributed by atoms with E-state index < -0.39 is 18.2 Å². The predicted molar refractivity (Wildman–Crippen MR) is 73.4 cm³/mol. The van der Waals surface area contributed by atoms with Gasteiger partial charge in [-0.25, -0.2) is 0 Å². The SMILES string of the molecule is CCOC(=O)C[C@H](O)C[C@@H](O)/C=C/c1ccccc1. The maximum atomic E-state index is 11.1. The molecule has 0 saturated heterocycles. The molecule has 2 atom stereocenters. The molecule has 0 bridgehead atoms. The number of hydrogen-bond donors (Lipinski definition) is 2. The van der Waals surface area contributed by atoms with Gasteiger partial charge in [0.25, 0.3) is 0 Å². The second kappa shape index (κ2) is 8.45. The molecule has 1 aromatic carbocycles. The minimum absolute atomic E-state index is 0.0932. The van der Waals surface area contributed by atoms with Crippen LogP contribution in [0.1, 0.15) is 25.3 Å². The maximum Gasteiger partial charge on any atom is 0.308 e. The molecule has 1 rings (SSSR count). The molecule has 0 radical (unpaired) electrons. The zero-order chi connectivity index (χ0) is 14.1. The number of hydrogen-bond acceptors (Lipinski definition) is 4. The summed E-state index contributed by atoms with van der Waals surface area (Å²) in [7, 11) is 0. The molecule has 0 fully saturated rings. The lowest BCUT2D eigenvalue weighted by molar-refractivity contribution is -0.145. The van der Waals surface area contributed by atoms with Crippen LogP contribution in [0.3, 0.4) is 0 Å². The van der Waals surface area contributed by atoms with Crippen molar-refractivity contribution in [1.29, 1.82) is 0 Å². The van der Waals surface area contributed by atoms with Crippen molar-refractivity contribution < 1.29 is 19.7 Å². The Morgan fingerprint density at radius 1 is 1.32 bits per heavy atom. The van der Waals surface area contributed by atoms with Crippen molar-refractivity contribution >= 4 is 12.0 Å². The first kappa shape index (κ1) is 15.4. The zero-order valence-corrected chi connectivity index (χ0v) is 11.0. The van der Waals surface area contributed by atoms with Gasteiger partial charge in [-0.15, -0.1) is 0 Å². The van der Waals surface area contributed by atoms with Gasteiger partial charge in [0.1, 0.15) is 0 Å². The smallest absolute Gasteiger partial charge is 0.308 e. The molecule has 104 valence electrons. The van der Waals surface area contributed by atoms with Gasteiger partial charge >= 0.3 is 5.97 Å². The first-order chi connectivity index (χ1) is 9.11. The number of carbonyl (C=O) groups excluding carboxylic acids is 1. The Bertz CT molecular complexity index is 400. The van der Waals surface area contributed by atoms with Crippen molar-refractivity contribution in [3.8, 4) is 0 Å². The van der Waals surface area contributed by atoms with Crippen LogP contribution in [-0.2, 0) is 9.53 Å². The van der Waals surface area contributed by atoms with Gasteiger partial charge in [0.2, 0.25) is 0 Å². The second-order valence-electron chi connectivity index (χ2n) is 4.24. The topological polar surface area (TPSA) is 66.8 Å². The molecule has 0 aliphatic carbocycles. The van der Waals surface area contributed by atoms with Crippen molar-refractivity contribution in [2.45, 2.75) is 32.0 Å². The van der Waals surface area contributed by atoms with Crippen LogP contribution in [0, 0.1) is 0 Å². The summed E-state index contributed by atoms with van der Waals surface area (Å²) in [4.78, 5) is 11.1. The summed E-state index contributed by atoms with van der Waals surface area (Å²) in [6.45, 7) is 2.00. The van der Waals surface area contributed by atoms with Gasteiger partial charge in [-0.05, 0) is 12.5 Å². The third kappa shape index (κ3) is 6.74. The van der Waals surface area contributed by atoms with Crippen LogP contribution in [0.5, 0.6) is 0 Å². The van der Waals surface area contributed by atoms with Gasteiger partial charge in [-0.1, -0.05) is 42.5 Å². The molecule has 0 heterocycles. The van der Waals surface area contributed by atoms with Gasteiger partial charge < -0.3 is 14.9 Å². The highest BCUT2D eigenvalue weighted by Gasteiger charge is 2.14. The Morgan fingerprint density at radius 3 is 2.63 bits per heavy atom. The van der Waals surface area contributed by atoms with E-state index in [1.54, 1.807) is 19.1 Å². The first-order valence-electron chi connectivity index (χ1n) is 6.36. The molecule has 1 aromatic rings. The minimum Gasteiger partial charge on any atom is -0.466 e. The van der Waals surface area contributed by atoms with Crippen LogP contribution < -0.4 is 0 Å². The summed E-state index contributed by atoms with van der Waals surface area (Å²) in [5.41, 5.74) is 0.974. The summed E-state index contributed by atoms with van der Waals surface area (Å²) in [6.07, 6.45) is 1.72. The Balaban J connectivity index is 2.36. The monoisotopic (exact) mass is 264 g/mol. The van der Waals surface area contributed by atoms with Gasteiger partial charge in [-0.3, -0.25) is 4.79 Å². The summed E-state index contributed by atoms with van der Waals surface area (Å²) < 4.78 is 4.72. The molecule has 4 nitrogen and oxygen atoms in total. The van der Waals surface area contributed by atoms with E-state index in [0.29, 0.717) is 6.61 Å². The molecule has 0 saturated carbocycles. The number of aliphatic hydroxyl groups is 2. The van der Waals surface area contributed by atoms with Crippen LogP contribution in [0.2, 0.25) is 0 Å². The Kier molecular flexibility index (Phi) is 6.85. The van der Waals surface area contributed by atoms with Gasteiger partial charge in [0.15, 0.2) is 0 Å². The molecule has 19 heavy (non-hydrogen) atoms. The van der Waals surface area contributed by atoms with Crippen LogP contribution in [0.4, 0.5) is 0 Å². The van der Waals surface area contributed by atoms with E-state index in [-0.39, 0.29) is 12.8 Å². The molecule has 0 spiro atoms. The number of ether oxygens (including phenoxy) is 1. The molecule has 0 amide bonds. The normalized spacial score (nSPS) is 14.3. The van der Waals surface area contributed by atoms with Crippen molar-refractivity contribution in [3.63, 3.8) is 0 Å². The van der Waals surface area contributed by atoms with E-state index in [2.05, 4.69) is 0 Å². The predicted octanol–water partition coefficient (Wildman–Crippen LogP) is 1.76. The number of carbonyl (C=O) groups is 1. The lowest BCUT2D eigenvalue weighted by Gasteiger charge is -2.12. The molecule has 2 N–H and O–H groups in total. The van der Waals surface area contributed by atoms with Crippen molar-refractivity contribution in [3.05, 3.63) is 42.0 Å².